The summed E-state index contributed by atoms with van der Waals surface area (Å²) >= 11 is 0. The number of amides is 1. The molecular weight excluding hydrogens is 278 g/mol. The lowest BCUT2D eigenvalue weighted by atomic mass is 9.72. The van der Waals surface area contributed by atoms with Gasteiger partial charge in [-0.05, 0) is 38.2 Å². The summed E-state index contributed by atoms with van der Waals surface area (Å²) in [7, 11) is 0. The van der Waals surface area contributed by atoms with E-state index in [4.69, 9.17) is 5.11 Å². The molecule has 1 saturated carbocycles. The lowest BCUT2D eigenvalue weighted by Gasteiger charge is -2.39. The van der Waals surface area contributed by atoms with Gasteiger partial charge in [0.25, 0.3) is 0 Å². The van der Waals surface area contributed by atoms with E-state index in [-0.39, 0.29) is 17.9 Å². The van der Waals surface area contributed by atoms with Gasteiger partial charge >= 0.3 is 5.97 Å². The van der Waals surface area contributed by atoms with Crippen LogP contribution in [0.25, 0.3) is 0 Å². The first-order valence-corrected chi connectivity index (χ1v) is 8.15. The van der Waals surface area contributed by atoms with Gasteiger partial charge in [0.1, 0.15) is 0 Å². The van der Waals surface area contributed by atoms with Gasteiger partial charge in [0, 0.05) is 12.6 Å². The van der Waals surface area contributed by atoms with E-state index in [0.29, 0.717) is 19.4 Å². The van der Waals surface area contributed by atoms with Gasteiger partial charge in [-0.1, -0.05) is 37.3 Å². The van der Waals surface area contributed by atoms with Gasteiger partial charge in [0.2, 0.25) is 5.91 Å². The van der Waals surface area contributed by atoms with Crippen LogP contribution in [-0.4, -0.2) is 34.5 Å². The molecule has 4 heteroatoms. The van der Waals surface area contributed by atoms with E-state index in [1.165, 1.54) is 5.56 Å². The Morgan fingerprint density at radius 1 is 1.18 bits per heavy atom. The average molecular weight is 303 g/mol. The van der Waals surface area contributed by atoms with Gasteiger partial charge in [-0.3, -0.25) is 9.59 Å². The highest BCUT2D eigenvalue weighted by Crippen LogP contribution is 2.36. The molecule has 1 amide bonds. The molecule has 22 heavy (non-hydrogen) atoms. The van der Waals surface area contributed by atoms with E-state index in [1.54, 1.807) is 0 Å². The van der Waals surface area contributed by atoms with E-state index < -0.39 is 11.9 Å². The molecule has 0 bridgehead atoms. The fourth-order valence-corrected chi connectivity index (χ4v) is 3.26. The third kappa shape index (κ3) is 3.49. The second-order valence-electron chi connectivity index (χ2n) is 6.00. The maximum Gasteiger partial charge on any atom is 0.307 e. The van der Waals surface area contributed by atoms with E-state index in [1.807, 2.05) is 30.0 Å². The number of nitrogens with zero attached hydrogens (tertiary/aromatic N) is 1. The minimum Gasteiger partial charge on any atom is -0.481 e. The smallest absolute Gasteiger partial charge is 0.307 e. The van der Waals surface area contributed by atoms with Crippen LogP contribution in [0.3, 0.4) is 0 Å². The quantitative estimate of drug-likeness (QED) is 0.842. The van der Waals surface area contributed by atoms with Gasteiger partial charge in [0.15, 0.2) is 0 Å². The topological polar surface area (TPSA) is 57.6 Å². The van der Waals surface area contributed by atoms with Crippen LogP contribution in [0, 0.1) is 11.8 Å². The molecule has 0 radical (unpaired) electrons. The number of hydrogen-bond donors (Lipinski definition) is 1. The first-order chi connectivity index (χ1) is 10.6. The monoisotopic (exact) mass is 303 g/mol. The van der Waals surface area contributed by atoms with Crippen LogP contribution in [0.5, 0.6) is 0 Å². The molecule has 4 nitrogen and oxygen atoms in total. The van der Waals surface area contributed by atoms with Crippen LogP contribution in [-0.2, 0) is 16.0 Å². The van der Waals surface area contributed by atoms with Crippen molar-refractivity contribution in [3.05, 3.63) is 35.9 Å². The normalized spacial score (nSPS) is 21.7. The number of likely N-dealkylation sites (N-methyl/N-ethyl adjacent to an activating group) is 1. The Hall–Kier alpha value is -1.84. The number of carboxylic acid groups (broad SMARTS) is 1. The number of carbonyl (C=O) groups excluding carboxylic acids is 1. The van der Waals surface area contributed by atoms with Crippen molar-refractivity contribution in [3.8, 4) is 0 Å². The minimum absolute atomic E-state index is 0.0175. The summed E-state index contributed by atoms with van der Waals surface area (Å²) in [5.41, 5.74) is 1.21. The lowest BCUT2D eigenvalue weighted by molar-refractivity contribution is -0.157. The molecule has 1 aliphatic carbocycles. The maximum atomic E-state index is 12.7. The minimum atomic E-state index is -0.836. The Morgan fingerprint density at radius 3 is 2.27 bits per heavy atom. The molecule has 1 aromatic carbocycles. The summed E-state index contributed by atoms with van der Waals surface area (Å²) in [4.78, 5) is 25.8. The summed E-state index contributed by atoms with van der Waals surface area (Å²) in [5.74, 6) is -1.64. The fourth-order valence-electron chi connectivity index (χ4n) is 3.26. The highest BCUT2D eigenvalue weighted by atomic mass is 16.4. The van der Waals surface area contributed by atoms with Gasteiger partial charge in [-0.25, -0.2) is 0 Å². The SMILES string of the molecule is CCC(Cc1ccccc1)N(CC)C(=O)C1CCC1C(=O)O. The van der Waals surface area contributed by atoms with Gasteiger partial charge < -0.3 is 10.0 Å². The number of carbonyl (C=O) groups is 2. The number of hydrogen-bond acceptors (Lipinski definition) is 2. The van der Waals surface area contributed by atoms with Crippen LogP contribution in [0.4, 0.5) is 0 Å². The summed E-state index contributed by atoms with van der Waals surface area (Å²) in [6, 6.07) is 10.3. The molecule has 0 heterocycles. The van der Waals surface area contributed by atoms with Crippen LogP contribution in [0.1, 0.15) is 38.7 Å². The molecule has 0 aliphatic heterocycles. The zero-order valence-electron chi connectivity index (χ0n) is 13.4. The second-order valence-corrected chi connectivity index (χ2v) is 6.00. The first-order valence-electron chi connectivity index (χ1n) is 8.15. The predicted octanol–water partition coefficient (Wildman–Crippen LogP) is 2.97. The van der Waals surface area contributed by atoms with Crippen molar-refractivity contribution in [2.75, 3.05) is 6.54 Å². The standard InChI is InChI=1S/C18H25NO3/c1-3-14(12-13-8-6-5-7-9-13)19(4-2)17(20)15-10-11-16(15)18(21)22/h5-9,14-16H,3-4,10-12H2,1-2H3,(H,21,22). The average Bonchev–Trinajstić information content (AvgIpc) is 2.46. The van der Waals surface area contributed by atoms with E-state index in [2.05, 4.69) is 19.1 Å². The van der Waals surface area contributed by atoms with Gasteiger partial charge in [0.05, 0.1) is 11.8 Å². The first kappa shape index (κ1) is 16.5. The Morgan fingerprint density at radius 2 is 1.82 bits per heavy atom. The molecule has 1 fully saturated rings. The number of benzene rings is 1. The Bertz CT molecular complexity index is 514. The lowest BCUT2D eigenvalue weighted by Crippen LogP contribution is -2.50. The van der Waals surface area contributed by atoms with Crippen LogP contribution in [0.2, 0.25) is 0 Å². The Kier molecular flexibility index (Phi) is 5.58. The fraction of sp³-hybridized carbons (Fsp3) is 0.556. The zero-order valence-corrected chi connectivity index (χ0v) is 13.4. The van der Waals surface area contributed by atoms with Crippen LogP contribution >= 0.6 is 0 Å². The van der Waals surface area contributed by atoms with Gasteiger partial charge in [-0.2, -0.15) is 0 Å². The second kappa shape index (κ2) is 7.43. The third-order valence-corrected chi connectivity index (χ3v) is 4.76. The zero-order chi connectivity index (χ0) is 16.1. The molecule has 0 spiro atoms. The van der Waals surface area contributed by atoms with Crippen molar-refractivity contribution < 1.29 is 14.7 Å². The summed E-state index contributed by atoms with van der Waals surface area (Å²) < 4.78 is 0. The third-order valence-electron chi connectivity index (χ3n) is 4.76. The van der Waals surface area contributed by atoms with Crippen molar-refractivity contribution in [3.63, 3.8) is 0 Å². The molecule has 0 saturated heterocycles. The van der Waals surface area contributed by atoms with Crippen molar-refractivity contribution in [1.29, 1.82) is 0 Å². The Balaban J connectivity index is 2.08. The molecule has 2 rings (SSSR count). The summed E-state index contributed by atoms with van der Waals surface area (Å²) in [6.45, 7) is 4.69. The van der Waals surface area contributed by atoms with Gasteiger partial charge in [-0.15, -0.1) is 0 Å². The summed E-state index contributed by atoms with van der Waals surface area (Å²) in [5, 5.41) is 9.17. The number of carboxylic acids is 1. The van der Waals surface area contributed by atoms with E-state index >= 15 is 0 Å². The molecule has 3 atom stereocenters. The highest BCUT2D eigenvalue weighted by molar-refractivity contribution is 5.86. The molecule has 0 aromatic heterocycles. The largest absolute Gasteiger partial charge is 0.481 e. The molecule has 3 unspecified atom stereocenters. The van der Waals surface area contributed by atoms with Crippen molar-refractivity contribution >= 4 is 11.9 Å². The highest BCUT2D eigenvalue weighted by Gasteiger charge is 2.43. The molecule has 1 aliphatic rings. The molecular formula is C18H25NO3. The predicted molar refractivity (Wildman–Crippen MR) is 85.5 cm³/mol. The number of aliphatic carboxylic acids is 1. The maximum absolute atomic E-state index is 12.7. The number of rotatable bonds is 7. The van der Waals surface area contributed by atoms with E-state index in [9.17, 15) is 9.59 Å². The summed E-state index contributed by atoms with van der Waals surface area (Å²) in [6.07, 6.45) is 3.02. The molecule has 1 aromatic rings. The van der Waals surface area contributed by atoms with E-state index in [0.717, 1.165) is 12.8 Å². The van der Waals surface area contributed by atoms with Crippen LogP contribution < -0.4 is 0 Å². The molecule has 1 N–H and O–H groups in total. The van der Waals surface area contributed by atoms with Crippen LogP contribution in [0.15, 0.2) is 30.3 Å². The van der Waals surface area contributed by atoms with Crippen molar-refractivity contribution in [2.45, 2.75) is 45.6 Å². The Labute approximate surface area is 132 Å². The van der Waals surface area contributed by atoms with Crippen molar-refractivity contribution in [2.24, 2.45) is 11.8 Å². The molecule has 120 valence electrons. The van der Waals surface area contributed by atoms with Crippen molar-refractivity contribution in [1.82, 2.24) is 4.90 Å².